The van der Waals surface area contributed by atoms with E-state index in [0.717, 1.165) is 11.3 Å². The van der Waals surface area contributed by atoms with E-state index in [4.69, 9.17) is 5.73 Å². The van der Waals surface area contributed by atoms with Gasteiger partial charge in [0.1, 0.15) is 0 Å². The maximum Gasteiger partial charge on any atom is 0.223 e. The number of nitrogens with two attached hydrogens (primary N) is 1. The lowest BCUT2D eigenvalue weighted by atomic mass is 9.97. The highest BCUT2D eigenvalue weighted by molar-refractivity contribution is 5.78. The molecule has 0 saturated heterocycles. The van der Waals surface area contributed by atoms with Crippen molar-refractivity contribution < 1.29 is 4.79 Å². The second-order valence-electron chi connectivity index (χ2n) is 4.45. The Labute approximate surface area is 97.0 Å². The molecular weight excluding hydrogens is 200 g/mol. The van der Waals surface area contributed by atoms with Crippen LogP contribution in [0.4, 0.5) is 5.69 Å². The van der Waals surface area contributed by atoms with E-state index in [2.05, 4.69) is 5.32 Å². The van der Waals surface area contributed by atoms with Crippen molar-refractivity contribution >= 4 is 11.6 Å². The number of anilines is 1. The molecule has 0 aliphatic rings. The number of amides is 1. The van der Waals surface area contributed by atoms with E-state index in [1.165, 1.54) is 0 Å². The van der Waals surface area contributed by atoms with Gasteiger partial charge in [-0.1, -0.05) is 39.0 Å². The van der Waals surface area contributed by atoms with Crippen LogP contribution in [0.1, 0.15) is 26.3 Å². The third-order valence-corrected chi connectivity index (χ3v) is 2.92. The summed E-state index contributed by atoms with van der Waals surface area (Å²) in [5.74, 6) is 0.469. The zero-order valence-electron chi connectivity index (χ0n) is 10.2. The van der Waals surface area contributed by atoms with Gasteiger partial charge in [0.05, 0.1) is 0 Å². The van der Waals surface area contributed by atoms with Gasteiger partial charge in [0.2, 0.25) is 5.91 Å². The van der Waals surface area contributed by atoms with Gasteiger partial charge in [-0.3, -0.25) is 4.79 Å². The van der Waals surface area contributed by atoms with Gasteiger partial charge >= 0.3 is 0 Å². The molecule has 1 atom stereocenters. The molecule has 0 saturated carbocycles. The molecule has 3 nitrogen and oxygen atoms in total. The molecule has 1 amide bonds. The predicted molar refractivity (Wildman–Crippen MR) is 66.7 cm³/mol. The number of para-hydroxylation sites is 1. The van der Waals surface area contributed by atoms with Crippen molar-refractivity contribution in [1.82, 2.24) is 5.32 Å². The number of hydrogen-bond acceptors (Lipinski definition) is 2. The Kier molecular flexibility index (Phi) is 4.35. The van der Waals surface area contributed by atoms with Crippen LogP contribution in [0.2, 0.25) is 0 Å². The van der Waals surface area contributed by atoms with Crippen molar-refractivity contribution in [2.45, 2.75) is 27.3 Å². The molecule has 0 aliphatic heterocycles. The molecule has 0 fully saturated rings. The van der Waals surface area contributed by atoms with E-state index >= 15 is 0 Å². The molecule has 1 aromatic carbocycles. The lowest BCUT2D eigenvalue weighted by Crippen LogP contribution is -2.31. The Bertz CT molecular complexity index is 361. The quantitative estimate of drug-likeness (QED) is 0.764. The largest absolute Gasteiger partial charge is 0.398 e. The molecule has 0 aliphatic carbocycles. The summed E-state index contributed by atoms with van der Waals surface area (Å²) in [7, 11) is 0. The van der Waals surface area contributed by atoms with Crippen LogP contribution in [-0.2, 0) is 11.3 Å². The number of carbonyl (C=O) groups is 1. The molecule has 1 rings (SSSR count). The predicted octanol–water partition coefficient (Wildman–Crippen LogP) is 2.18. The van der Waals surface area contributed by atoms with E-state index in [1.807, 2.05) is 45.0 Å². The number of benzene rings is 1. The fourth-order valence-corrected chi connectivity index (χ4v) is 1.34. The summed E-state index contributed by atoms with van der Waals surface area (Å²) >= 11 is 0. The van der Waals surface area contributed by atoms with E-state index in [0.29, 0.717) is 12.5 Å². The first-order valence-corrected chi connectivity index (χ1v) is 5.63. The topological polar surface area (TPSA) is 55.1 Å². The molecule has 3 N–H and O–H groups in total. The first-order valence-electron chi connectivity index (χ1n) is 5.63. The van der Waals surface area contributed by atoms with Gasteiger partial charge in [-0.15, -0.1) is 0 Å². The molecule has 3 heteroatoms. The Morgan fingerprint density at radius 2 is 1.94 bits per heavy atom. The summed E-state index contributed by atoms with van der Waals surface area (Å²) in [6, 6.07) is 7.57. The van der Waals surface area contributed by atoms with Crippen molar-refractivity contribution in [2.24, 2.45) is 11.8 Å². The third-order valence-electron chi connectivity index (χ3n) is 2.92. The van der Waals surface area contributed by atoms with Crippen LogP contribution in [0.15, 0.2) is 24.3 Å². The second kappa shape index (κ2) is 5.54. The van der Waals surface area contributed by atoms with Crippen LogP contribution in [0, 0.1) is 11.8 Å². The number of hydrogen-bond donors (Lipinski definition) is 2. The molecule has 1 aromatic rings. The van der Waals surface area contributed by atoms with Crippen LogP contribution in [0.5, 0.6) is 0 Å². The highest BCUT2D eigenvalue weighted by atomic mass is 16.1. The highest BCUT2D eigenvalue weighted by Crippen LogP contribution is 2.12. The summed E-state index contributed by atoms with van der Waals surface area (Å²) in [6.07, 6.45) is 0. The van der Waals surface area contributed by atoms with Gasteiger partial charge in [0.15, 0.2) is 0 Å². The normalized spacial score (nSPS) is 12.5. The van der Waals surface area contributed by atoms with Gasteiger partial charge in [-0.25, -0.2) is 0 Å². The maximum atomic E-state index is 11.7. The van der Waals surface area contributed by atoms with E-state index in [-0.39, 0.29) is 11.8 Å². The van der Waals surface area contributed by atoms with Crippen molar-refractivity contribution in [3.05, 3.63) is 29.8 Å². The van der Waals surface area contributed by atoms with E-state index in [9.17, 15) is 4.79 Å². The summed E-state index contributed by atoms with van der Waals surface area (Å²) in [5.41, 5.74) is 7.48. The van der Waals surface area contributed by atoms with Crippen LogP contribution in [0.25, 0.3) is 0 Å². The van der Waals surface area contributed by atoms with Crippen molar-refractivity contribution in [2.75, 3.05) is 5.73 Å². The zero-order chi connectivity index (χ0) is 12.1. The fourth-order valence-electron chi connectivity index (χ4n) is 1.34. The standard InChI is InChI=1S/C13H20N2O/c1-9(2)10(3)13(16)15-8-11-6-4-5-7-12(11)14/h4-7,9-10H,8,14H2,1-3H3,(H,15,16). The molecule has 0 radical (unpaired) electrons. The van der Waals surface area contributed by atoms with Crippen LogP contribution in [0.3, 0.4) is 0 Å². The lowest BCUT2D eigenvalue weighted by Gasteiger charge is -2.15. The number of carbonyl (C=O) groups excluding carboxylic acids is 1. The minimum Gasteiger partial charge on any atom is -0.398 e. The second-order valence-corrected chi connectivity index (χ2v) is 4.45. The molecule has 0 heterocycles. The highest BCUT2D eigenvalue weighted by Gasteiger charge is 2.15. The molecule has 16 heavy (non-hydrogen) atoms. The molecular formula is C13H20N2O. The van der Waals surface area contributed by atoms with Crippen molar-refractivity contribution in [3.63, 3.8) is 0 Å². The van der Waals surface area contributed by atoms with E-state index < -0.39 is 0 Å². The molecule has 1 unspecified atom stereocenters. The SMILES string of the molecule is CC(C)C(C)C(=O)NCc1ccccc1N. The monoisotopic (exact) mass is 220 g/mol. The molecule has 0 bridgehead atoms. The average molecular weight is 220 g/mol. The summed E-state index contributed by atoms with van der Waals surface area (Å²) in [4.78, 5) is 11.7. The maximum absolute atomic E-state index is 11.7. The molecule has 0 spiro atoms. The van der Waals surface area contributed by atoms with Gasteiger partial charge in [-0.05, 0) is 17.5 Å². The van der Waals surface area contributed by atoms with Gasteiger partial charge < -0.3 is 11.1 Å². The minimum atomic E-state index is 0.0323. The first kappa shape index (κ1) is 12.6. The average Bonchev–Trinajstić information content (AvgIpc) is 2.26. The number of nitrogen functional groups attached to an aromatic ring is 1. The van der Waals surface area contributed by atoms with Crippen molar-refractivity contribution in [1.29, 1.82) is 0 Å². The number of rotatable bonds is 4. The Morgan fingerprint density at radius 3 is 2.50 bits per heavy atom. The van der Waals surface area contributed by atoms with Crippen LogP contribution in [-0.4, -0.2) is 5.91 Å². The zero-order valence-corrected chi connectivity index (χ0v) is 10.2. The summed E-state index contributed by atoms with van der Waals surface area (Å²) in [6.45, 7) is 6.53. The minimum absolute atomic E-state index is 0.0323. The van der Waals surface area contributed by atoms with Crippen molar-refractivity contribution in [3.8, 4) is 0 Å². The third kappa shape index (κ3) is 3.26. The first-order chi connectivity index (χ1) is 7.52. The van der Waals surface area contributed by atoms with Gasteiger partial charge in [0, 0.05) is 18.2 Å². The van der Waals surface area contributed by atoms with Gasteiger partial charge in [0.25, 0.3) is 0 Å². The fraction of sp³-hybridized carbons (Fsp3) is 0.462. The Balaban J connectivity index is 2.52. The smallest absolute Gasteiger partial charge is 0.223 e. The van der Waals surface area contributed by atoms with Crippen LogP contribution < -0.4 is 11.1 Å². The lowest BCUT2D eigenvalue weighted by molar-refractivity contribution is -0.125. The number of nitrogens with one attached hydrogen (secondary N) is 1. The molecule has 0 aromatic heterocycles. The van der Waals surface area contributed by atoms with Crippen LogP contribution >= 0.6 is 0 Å². The Hall–Kier alpha value is -1.51. The summed E-state index contributed by atoms with van der Waals surface area (Å²) < 4.78 is 0. The molecule has 88 valence electrons. The summed E-state index contributed by atoms with van der Waals surface area (Å²) in [5, 5.41) is 2.90. The van der Waals surface area contributed by atoms with Gasteiger partial charge in [-0.2, -0.15) is 0 Å². The van der Waals surface area contributed by atoms with E-state index in [1.54, 1.807) is 0 Å². The Morgan fingerprint density at radius 1 is 1.31 bits per heavy atom.